The molecule has 0 fully saturated rings. The molecule has 5 nitrogen and oxygen atoms in total. The second-order valence-corrected chi connectivity index (χ2v) is 16.0. The molecule has 0 aliphatic rings. The third-order valence-corrected chi connectivity index (χ3v) is 13.0. The van der Waals surface area contributed by atoms with Crippen molar-refractivity contribution in [2.24, 2.45) is 0 Å². The van der Waals surface area contributed by atoms with Crippen LogP contribution in [0.3, 0.4) is 0 Å². The van der Waals surface area contributed by atoms with E-state index in [1.807, 2.05) is 28.7 Å². The van der Waals surface area contributed by atoms with Crippen LogP contribution in [-0.2, 0) is 0 Å². The summed E-state index contributed by atoms with van der Waals surface area (Å²) < 4.78 is 13.4. The van der Waals surface area contributed by atoms with E-state index in [0.717, 1.165) is 88.1 Å². The summed E-state index contributed by atoms with van der Waals surface area (Å²) in [6, 6.07) is 66.5. The summed E-state index contributed by atoms with van der Waals surface area (Å²) in [5.41, 5.74) is 12.6. The maximum atomic E-state index is 14.0. The minimum Gasteiger partial charge on any atom is -0.456 e. The molecule has 0 amide bonds. The normalized spacial score (nSPS) is 12.4. The Kier molecular flexibility index (Phi) is 6.11. The van der Waals surface area contributed by atoms with Gasteiger partial charge in [-0.1, -0.05) is 109 Å². The second kappa shape index (κ2) is 11.5. The smallest absolute Gasteiger partial charge is 0.263 e. The average molecular weight is 766 g/mol. The van der Waals surface area contributed by atoms with Gasteiger partial charge in [-0.05, 0) is 95.4 Å². The Bertz CT molecular complexity index is 4200. The average Bonchev–Trinajstić information content (AvgIpc) is 4.05. The van der Waals surface area contributed by atoms with Gasteiger partial charge in [0, 0.05) is 65.2 Å². The van der Waals surface area contributed by atoms with Gasteiger partial charge in [-0.25, -0.2) is 0 Å². The lowest BCUT2D eigenvalue weighted by molar-refractivity contribution is 0.669. The highest BCUT2D eigenvalue weighted by atomic mass is 16.3. The van der Waals surface area contributed by atoms with E-state index in [9.17, 15) is 4.79 Å². The first-order chi connectivity index (χ1) is 29.7. The van der Waals surface area contributed by atoms with Crippen molar-refractivity contribution in [2.75, 3.05) is 0 Å². The van der Waals surface area contributed by atoms with Gasteiger partial charge in [0.25, 0.3) is 5.56 Å². The van der Waals surface area contributed by atoms with Gasteiger partial charge in [-0.3, -0.25) is 9.20 Å². The van der Waals surface area contributed by atoms with E-state index < -0.39 is 0 Å². The molecule has 0 radical (unpaired) electrons. The topological polar surface area (TPSA) is 44.5 Å². The van der Waals surface area contributed by atoms with Crippen molar-refractivity contribution in [3.63, 3.8) is 0 Å². The van der Waals surface area contributed by atoms with Gasteiger partial charge in [0.15, 0.2) is 0 Å². The van der Waals surface area contributed by atoms with Crippen LogP contribution in [0.1, 0.15) is 0 Å². The molecular weight excluding hydrogens is 735 g/mol. The molecule has 0 saturated carbocycles. The quantitative estimate of drug-likeness (QED) is 0.168. The maximum absolute atomic E-state index is 14.0. The number of hydrogen-bond acceptors (Lipinski definition) is 2. The van der Waals surface area contributed by atoms with Crippen LogP contribution in [0.4, 0.5) is 0 Å². The van der Waals surface area contributed by atoms with Crippen molar-refractivity contribution >= 4 is 104 Å². The highest BCUT2D eigenvalue weighted by Gasteiger charge is 2.23. The summed E-state index contributed by atoms with van der Waals surface area (Å²) in [5, 5.41) is 11.9. The first kappa shape index (κ1) is 31.9. The molecule has 60 heavy (non-hydrogen) atoms. The zero-order chi connectivity index (χ0) is 39.2. The van der Waals surface area contributed by atoms with E-state index in [-0.39, 0.29) is 5.56 Å². The van der Waals surface area contributed by atoms with Crippen molar-refractivity contribution in [2.45, 2.75) is 0 Å². The van der Waals surface area contributed by atoms with Crippen molar-refractivity contribution < 1.29 is 4.42 Å². The standard InChI is InChI=1S/C55H31N3O2/c59-55-40-18-5-4-15-36(40)42-29-32(30-43-38-17-7-10-22-46(38)58(55)53(42)43)35-20-12-24-50-51(35)44-31-34(25-28-49(44)60-50)56-47-23-11-8-19-41(47)52-48(56)27-26-39-37-16-6-9-21-45(37)57(54(39)52)33-13-2-1-3-14-33/h1-31H. The van der Waals surface area contributed by atoms with Crippen LogP contribution in [0.5, 0.6) is 0 Å². The van der Waals surface area contributed by atoms with E-state index in [0.29, 0.717) is 5.39 Å². The van der Waals surface area contributed by atoms with Crippen molar-refractivity contribution in [1.82, 2.24) is 13.5 Å². The summed E-state index contributed by atoms with van der Waals surface area (Å²) in [6.07, 6.45) is 0. The molecule has 14 aromatic rings. The zero-order valence-corrected chi connectivity index (χ0v) is 32.1. The summed E-state index contributed by atoms with van der Waals surface area (Å²) >= 11 is 0. The molecule has 5 aromatic heterocycles. The van der Waals surface area contributed by atoms with Crippen LogP contribution in [0, 0.1) is 0 Å². The van der Waals surface area contributed by atoms with Gasteiger partial charge in [-0.2, -0.15) is 0 Å². The molecule has 0 spiro atoms. The molecule has 5 heterocycles. The number of furan rings is 1. The van der Waals surface area contributed by atoms with Gasteiger partial charge in [0.1, 0.15) is 11.2 Å². The maximum Gasteiger partial charge on any atom is 0.263 e. The largest absolute Gasteiger partial charge is 0.456 e. The number of benzene rings is 9. The number of aromatic nitrogens is 3. The van der Waals surface area contributed by atoms with Crippen LogP contribution in [0.25, 0.3) is 126 Å². The van der Waals surface area contributed by atoms with E-state index in [4.69, 9.17) is 4.42 Å². The molecule has 9 aromatic carbocycles. The number of rotatable bonds is 3. The van der Waals surface area contributed by atoms with Crippen LogP contribution in [-0.4, -0.2) is 13.5 Å². The Morgan fingerprint density at radius 2 is 1.00 bits per heavy atom. The predicted octanol–water partition coefficient (Wildman–Crippen LogP) is 14.0. The molecule has 0 saturated heterocycles. The summed E-state index contributed by atoms with van der Waals surface area (Å²) in [5.74, 6) is 0. The lowest BCUT2D eigenvalue weighted by Gasteiger charge is -2.11. The molecular formula is C55H31N3O2. The number of nitrogens with zero attached hydrogens (tertiary/aromatic N) is 3. The molecule has 14 rings (SSSR count). The number of hydrogen-bond donors (Lipinski definition) is 0. The van der Waals surface area contributed by atoms with Crippen LogP contribution >= 0.6 is 0 Å². The Morgan fingerprint density at radius 3 is 1.80 bits per heavy atom. The summed E-state index contributed by atoms with van der Waals surface area (Å²) in [4.78, 5) is 14.0. The van der Waals surface area contributed by atoms with Crippen LogP contribution in [0.15, 0.2) is 197 Å². The van der Waals surface area contributed by atoms with Gasteiger partial charge in [0.05, 0.1) is 33.1 Å². The molecule has 0 bridgehead atoms. The zero-order valence-electron chi connectivity index (χ0n) is 32.1. The van der Waals surface area contributed by atoms with E-state index in [1.165, 1.54) is 32.6 Å². The third-order valence-electron chi connectivity index (χ3n) is 13.0. The van der Waals surface area contributed by atoms with Gasteiger partial charge < -0.3 is 13.6 Å². The minimum absolute atomic E-state index is 0.0137. The van der Waals surface area contributed by atoms with Gasteiger partial charge in [-0.15, -0.1) is 0 Å². The Balaban J connectivity index is 1.06. The number of pyridine rings is 1. The van der Waals surface area contributed by atoms with Crippen LogP contribution < -0.4 is 5.56 Å². The fourth-order valence-corrected chi connectivity index (χ4v) is 10.5. The van der Waals surface area contributed by atoms with Gasteiger partial charge in [0.2, 0.25) is 0 Å². The van der Waals surface area contributed by atoms with Crippen molar-refractivity contribution in [3.05, 3.63) is 198 Å². The fraction of sp³-hybridized carbons (Fsp3) is 0. The van der Waals surface area contributed by atoms with E-state index in [1.54, 1.807) is 0 Å². The molecule has 0 atom stereocenters. The van der Waals surface area contributed by atoms with Gasteiger partial charge >= 0.3 is 0 Å². The van der Waals surface area contributed by atoms with E-state index in [2.05, 4.69) is 173 Å². The van der Waals surface area contributed by atoms with E-state index >= 15 is 0 Å². The lowest BCUT2D eigenvalue weighted by atomic mass is 9.95. The molecule has 5 heteroatoms. The first-order valence-corrected chi connectivity index (χ1v) is 20.4. The molecule has 0 aliphatic carbocycles. The van der Waals surface area contributed by atoms with Crippen molar-refractivity contribution in [1.29, 1.82) is 0 Å². The number of para-hydroxylation sites is 4. The number of fused-ring (bicyclic) bond motifs is 15. The monoisotopic (exact) mass is 765 g/mol. The highest BCUT2D eigenvalue weighted by molar-refractivity contribution is 6.27. The lowest BCUT2D eigenvalue weighted by Crippen LogP contribution is -2.12. The molecule has 0 aliphatic heterocycles. The highest BCUT2D eigenvalue weighted by Crippen LogP contribution is 2.45. The molecule has 278 valence electrons. The van der Waals surface area contributed by atoms with Crippen LogP contribution in [0.2, 0.25) is 0 Å². The second-order valence-electron chi connectivity index (χ2n) is 16.0. The SMILES string of the molecule is O=c1c2ccccc2c2cc(-c3cccc4oc5ccc(-n6c7ccccc7c7c6ccc6c8ccccc8n(-c8ccccc8)c67)cc5c34)cc3c4ccccc4n1c23. The molecule has 0 N–H and O–H groups in total. The summed E-state index contributed by atoms with van der Waals surface area (Å²) in [6.45, 7) is 0. The molecule has 0 unspecified atom stereocenters. The Labute approximate surface area is 341 Å². The predicted molar refractivity (Wildman–Crippen MR) is 249 cm³/mol. The third kappa shape index (κ3) is 4.03. The Hall–Kier alpha value is -8.15. The minimum atomic E-state index is 0.0137. The fourth-order valence-electron chi connectivity index (χ4n) is 10.5. The Morgan fingerprint density at radius 1 is 0.350 bits per heavy atom. The summed E-state index contributed by atoms with van der Waals surface area (Å²) in [7, 11) is 0. The first-order valence-electron chi connectivity index (χ1n) is 20.4. The van der Waals surface area contributed by atoms with Crippen molar-refractivity contribution in [3.8, 4) is 22.5 Å².